The summed E-state index contributed by atoms with van der Waals surface area (Å²) in [6.07, 6.45) is 2.45. The van der Waals surface area contributed by atoms with E-state index in [4.69, 9.17) is 14.3 Å². The number of ether oxygens (including phenoxy) is 2. The fourth-order valence-corrected chi connectivity index (χ4v) is 2.48. The average molecular weight is 370 g/mol. The Kier molecular flexibility index (Phi) is 7.67. The van der Waals surface area contributed by atoms with Crippen molar-refractivity contribution < 1.29 is 19.1 Å². The van der Waals surface area contributed by atoms with Crippen LogP contribution < -0.4 is 14.8 Å². The zero-order valence-electron chi connectivity index (χ0n) is 16.2. The van der Waals surface area contributed by atoms with Crippen molar-refractivity contribution in [3.05, 3.63) is 53.1 Å². The first-order valence-corrected chi connectivity index (χ1v) is 8.87. The quantitative estimate of drug-likeness (QED) is 0.533. The molecule has 0 aliphatic rings. The van der Waals surface area contributed by atoms with E-state index in [1.807, 2.05) is 51.1 Å². The van der Waals surface area contributed by atoms with E-state index in [1.54, 1.807) is 13.2 Å². The van der Waals surface area contributed by atoms with E-state index in [1.165, 1.54) is 6.21 Å². The summed E-state index contributed by atoms with van der Waals surface area (Å²) < 4.78 is 10.9. The Labute approximate surface area is 160 Å². The molecule has 0 bridgehead atoms. The van der Waals surface area contributed by atoms with Crippen LogP contribution in [0.2, 0.25) is 0 Å². The molecular formula is C21H26N2O4. The Morgan fingerprint density at radius 1 is 1.15 bits per heavy atom. The van der Waals surface area contributed by atoms with Crippen molar-refractivity contribution in [3.63, 3.8) is 0 Å². The number of anilines is 1. The SMILES string of the molecule is CCCOc1ccc(/C=N\OCC(=O)Nc2c(C)cccc2C)cc1OC. The monoisotopic (exact) mass is 370 g/mol. The lowest BCUT2D eigenvalue weighted by atomic mass is 10.1. The van der Waals surface area contributed by atoms with Crippen LogP contribution in [0.4, 0.5) is 5.69 Å². The van der Waals surface area contributed by atoms with E-state index in [-0.39, 0.29) is 12.5 Å². The lowest BCUT2D eigenvalue weighted by Crippen LogP contribution is -2.18. The number of nitrogens with one attached hydrogen (secondary N) is 1. The second kappa shape index (κ2) is 10.2. The molecule has 0 radical (unpaired) electrons. The smallest absolute Gasteiger partial charge is 0.265 e. The second-order valence-corrected chi connectivity index (χ2v) is 6.08. The topological polar surface area (TPSA) is 69.2 Å². The minimum Gasteiger partial charge on any atom is -0.493 e. The van der Waals surface area contributed by atoms with E-state index in [9.17, 15) is 4.79 Å². The van der Waals surface area contributed by atoms with E-state index < -0.39 is 0 Å². The molecule has 0 heterocycles. The highest BCUT2D eigenvalue weighted by Gasteiger charge is 2.08. The number of hydrogen-bond donors (Lipinski definition) is 1. The number of carbonyl (C=O) groups is 1. The fraction of sp³-hybridized carbons (Fsp3) is 0.333. The van der Waals surface area contributed by atoms with Gasteiger partial charge in [-0.1, -0.05) is 30.3 Å². The molecule has 0 saturated carbocycles. The van der Waals surface area contributed by atoms with Crippen LogP contribution in [0.5, 0.6) is 11.5 Å². The van der Waals surface area contributed by atoms with Gasteiger partial charge in [-0.05, 0) is 49.6 Å². The van der Waals surface area contributed by atoms with Crippen molar-refractivity contribution in [3.8, 4) is 11.5 Å². The first-order chi connectivity index (χ1) is 13.0. The third-order valence-electron chi connectivity index (χ3n) is 3.87. The molecule has 0 saturated heterocycles. The molecular weight excluding hydrogens is 344 g/mol. The predicted molar refractivity (Wildman–Crippen MR) is 107 cm³/mol. The minimum absolute atomic E-state index is 0.168. The van der Waals surface area contributed by atoms with Crippen LogP contribution in [0.15, 0.2) is 41.6 Å². The molecule has 1 N–H and O–H groups in total. The van der Waals surface area contributed by atoms with Crippen molar-refractivity contribution in [1.82, 2.24) is 0 Å². The third-order valence-corrected chi connectivity index (χ3v) is 3.87. The van der Waals surface area contributed by atoms with Crippen molar-refractivity contribution in [2.24, 2.45) is 5.16 Å². The maximum absolute atomic E-state index is 12.0. The van der Waals surface area contributed by atoms with Gasteiger partial charge in [0.05, 0.1) is 19.9 Å². The Morgan fingerprint density at radius 2 is 1.89 bits per heavy atom. The number of carbonyl (C=O) groups excluding carboxylic acids is 1. The highest BCUT2D eigenvalue weighted by Crippen LogP contribution is 2.27. The van der Waals surface area contributed by atoms with Gasteiger partial charge in [0, 0.05) is 11.3 Å². The molecule has 2 rings (SSSR count). The molecule has 0 spiro atoms. The molecule has 6 nitrogen and oxygen atoms in total. The number of aryl methyl sites for hydroxylation is 2. The number of rotatable bonds is 9. The highest BCUT2D eigenvalue weighted by atomic mass is 16.6. The van der Waals surface area contributed by atoms with Crippen molar-refractivity contribution in [1.29, 1.82) is 0 Å². The van der Waals surface area contributed by atoms with Crippen LogP contribution in [0.3, 0.4) is 0 Å². The lowest BCUT2D eigenvalue weighted by molar-refractivity contribution is -0.120. The number of benzene rings is 2. The van der Waals surface area contributed by atoms with Gasteiger partial charge in [-0.25, -0.2) is 0 Å². The van der Waals surface area contributed by atoms with Gasteiger partial charge in [0.2, 0.25) is 0 Å². The largest absolute Gasteiger partial charge is 0.493 e. The van der Waals surface area contributed by atoms with Crippen LogP contribution in [-0.2, 0) is 9.63 Å². The molecule has 0 atom stereocenters. The van der Waals surface area contributed by atoms with Gasteiger partial charge in [-0.2, -0.15) is 0 Å². The van der Waals surface area contributed by atoms with Crippen LogP contribution in [0.1, 0.15) is 30.0 Å². The molecule has 0 aliphatic heterocycles. The molecule has 144 valence electrons. The maximum atomic E-state index is 12.0. The maximum Gasteiger partial charge on any atom is 0.265 e. The molecule has 0 unspecified atom stereocenters. The first kappa shape index (κ1) is 20.3. The van der Waals surface area contributed by atoms with Gasteiger partial charge in [-0.3, -0.25) is 4.79 Å². The number of hydrogen-bond acceptors (Lipinski definition) is 5. The zero-order valence-corrected chi connectivity index (χ0v) is 16.2. The van der Waals surface area contributed by atoms with Gasteiger partial charge in [-0.15, -0.1) is 0 Å². The Bertz CT molecular complexity index is 783. The van der Waals surface area contributed by atoms with Gasteiger partial charge < -0.3 is 19.6 Å². The van der Waals surface area contributed by atoms with E-state index in [0.717, 1.165) is 28.8 Å². The van der Waals surface area contributed by atoms with Crippen molar-refractivity contribution in [2.75, 3.05) is 25.6 Å². The number of nitrogens with zero attached hydrogens (tertiary/aromatic N) is 1. The van der Waals surface area contributed by atoms with Gasteiger partial charge in [0.1, 0.15) is 0 Å². The van der Waals surface area contributed by atoms with Crippen molar-refractivity contribution in [2.45, 2.75) is 27.2 Å². The molecule has 0 aliphatic carbocycles. The fourth-order valence-electron chi connectivity index (χ4n) is 2.48. The standard InChI is InChI=1S/C21H26N2O4/c1-5-11-26-18-10-9-17(12-19(18)25-4)13-22-27-14-20(24)23-21-15(2)7-6-8-16(21)3/h6-10,12-13H,5,11,14H2,1-4H3,(H,23,24)/b22-13-. The average Bonchev–Trinajstić information content (AvgIpc) is 2.67. The summed E-state index contributed by atoms with van der Waals surface area (Å²) in [6, 6.07) is 11.3. The third kappa shape index (κ3) is 6.02. The summed E-state index contributed by atoms with van der Waals surface area (Å²) >= 11 is 0. The van der Waals surface area contributed by atoms with Crippen LogP contribution in [0.25, 0.3) is 0 Å². The molecule has 0 aromatic heterocycles. The van der Waals surface area contributed by atoms with Crippen LogP contribution >= 0.6 is 0 Å². The number of para-hydroxylation sites is 1. The van der Waals surface area contributed by atoms with Crippen molar-refractivity contribution >= 4 is 17.8 Å². The number of oxime groups is 1. The highest BCUT2D eigenvalue weighted by molar-refractivity contribution is 5.93. The molecule has 0 fully saturated rings. The molecule has 27 heavy (non-hydrogen) atoms. The Hall–Kier alpha value is -3.02. The van der Waals surface area contributed by atoms with Gasteiger partial charge >= 0.3 is 0 Å². The number of amides is 1. The predicted octanol–water partition coefficient (Wildman–Crippen LogP) is 4.09. The summed E-state index contributed by atoms with van der Waals surface area (Å²) in [6.45, 7) is 6.40. The van der Waals surface area contributed by atoms with Gasteiger partial charge in [0.25, 0.3) is 5.91 Å². The molecule has 2 aromatic carbocycles. The van der Waals surface area contributed by atoms with Gasteiger partial charge in [0.15, 0.2) is 18.1 Å². The summed E-state index contributed by atoms with van der Waals surface area (Å²) in [4.78, 5) is 17.1. The van der Waals surface area contributed by atoms with E-state index in [2.05, 4.69) is 10.5 Å². The van der Waals surface area contributed by atoms with Crippen LogP contribution in [-0.4, -0.2) is 32.4 Å². The Balaban J connectivity index is 1.89. The van der Waals surface area contributed by atoms with E-state index in [0.29, 0.717) is 18.1 Å². The van der Waals surface area contributed by atoms with E-state index >= 15 is 0 Å². The normalized spacial score (nSPS) is 10.7. The first-order valence-electron chi connectivity index (χ1n) is 8.87. The molecule has 1 amide bonds. The summed E-state index contributed by atoms with van der Waals surface area (Å²) in [5.41, 5.74) is 3.60. The molecule has 2 aromatic rings. The second-order valence-electron chi connectivity index (χ2n) is 6.08. The summed E-state index contributed by atoms with van der Waals surface area (Å²) in [5, 5.41) is 6.70. The zero-order chi connectivity index (χ0) is 19.6. The number of methoxy groups -OCH3 is 1. The Morgan fingerprint density at radius 3 is 2.56 bits per heavy atom. The lowest BCUT2D eigenvalue weighted by Gasteiger charge is -2.11. The minimum atomic E-state index is -0.259. The molecule has 6 heteroatoms. The summed E-state index contributed by atoms with van der Waals surface area (Å²) in [7, 11) is 1.59. The van der Waals surface area contributed by atoms with Crippen LogP contribution in [0, 0.1) is 13.8 Å². The summed E-state index contributed by atoms with van der Waals surface area (Å²) in [5.74, 6) is 1.05.